The van der Waals surface area contributed by atoms with Gasteiger partial charge in [0, 0.05) is 7.05 Å². The maximum atomic E-state index is 11.3. The Balaban J connectivity index is 2.38. The smallest absolute Gasteiger partial charge is 0.232 e. The van der Waals surface area contributed by atoms with Crippen LogP contribution in [0.15, 0.2) is 10.2 Å². The Labute approximate surface area is 131 Å². The average molecular weight is 339 g/mol. The lowest BCUT2D eigenvalue weighted by molar-refractivity contribution is 0.606. The molecule has 2 aromatic heterocycles. The van der Waals surface area contributed by atoms with Crippen LogP contribution in [0.5, 0.6) is 0 Å². The second kappa shape index (κ2) is 5.82. The summed E-state index contributed by atoms with van der Waals surface area (Å²) in [6.45, 7) is 3.41. The SMILES string of the molecule is Cc1nsc(N=Nc2c(C)nc(NS(C)(=O)=O)n2C)c1C#N. The van der Waals surface area contributed by atoms with Crippen LogP contribution in [0, 0.1) is 25.2 Å². The van der Waals surface area contributed by atoms with E-state index in [9.17, 15) is 8.42 Å². The Morgan fingerprint density at radius 1 is 1.32 bits per heavy atom. The van der Waals surface area contributed by atoms with E-state index in [2.05, 4.69) is 24.3 Å². The van der Waals surface area contributed by atoms with E-state index < -0.39 is 10.0 Å². The molecule has 0 fully saturated rings. The van der Waals surface area contributed by atoms with Crippen molar-refractivity contribution in [1.29, 1.82) is 5.26 Å². The summed E-state index contributed by atoms with van der Waals surface area (Å²) in [7, 11) is -1.82. The predicted octanol–water partition coefficient (Wildman–Crippen LogP) is 2.15. The van der Waals surface area contributed by atoms with E-state index in [1.807, 2.05) is 6.07 Å². The fraction of sp³-hybridized carbons (Fsp3) is 0.364. The highest BCUT2D eigenvalue weighted by atomic mass is 32.2. The molecule has 0 spiro atoms. The molecule has 0 atom stereocenters. The van der Waals surface area contributed by atoms with Crippen molar-refractivity contribution in [1.82, 2.24) is 13.9 Å². The Hall–Kier alpha value is -2.32. The molecular weight excluding hydrogens is 326 g/mol. The largest absolute Gasteiger partial charge is 0.296 e. The lowest BCUT2D eigenvalue weighted by Gasteiger charge is -2.03. The van der Waals surface area contributed by atoms with E-state index in [1.165, 1.54) is 4.57 Å². The normalized spacial score (nSPS) is 11.8. The van der Waals surface area contributed by atoms with Gasteiger partial charge in [0.05, 0.1) is 17.6 Å². The third kappa shape index (κ3) is 3.29. The van der Waals surface area contributed by atoms with E-state index >= 15 is 0 Å². The topological polar surface area (TPSA) is 125 Å². The monoisotopic (exact) mass is 339 g/mol. The maximum absolute atomic E-state index is 11.3. The van der Waals surface area contributed by atoms with Crippen molar-refractivity contribution >= 4 is 38.3 Å². The standard InChI is InChI=1S/C11H13N7O2S2/c1-6-8(5-12)10(21-16-6)15-14-9-7(2)13-11(18(9)3)17-22(4,19)20/h1-4H3,(H,13,17). The fourth-order valence-electron chi connectivity index (χ4n) is 1.67. The van der Waals surface area contributed by atoms with E-state index in [4.69, 9.17) is 5.26 Å². The molecule has 0 aromatic carbocycles. The number of rotatable bonds is 4. The molecule has 116 valence electrons. The summed E-state index contributed by atoms with van der Waals surface area (Å²) in [5.74, 6) is 0.538. The lowest BCUT2D eigenvalue weighted by atomic mass is 10.3. The highest BCUT2D eigenvalue weighted by molar-refractivity contribution is 7.92. The summed E-state index contributed by atoms with van der Waals surface area (Å²) in [5.41, 5.74) is 1.49. The van der Waals surface area contributed by atoms with Gasteiger partial charge in [0.15, 0.2) is 10.8 Å². The van der Waals surface area contributed by atoms with Gasteiger partial charge in [0.25, 0.3) is 0 Å². The minimum Gasteiger partial charge on any atom is -0.296 e. The molecule has 0 aliphatic rings. The Morgan fingerprint density at radius 3 is 2.59 bits per heavy atom. The molecule has 0 saturated heterocycles. The second-order valence-corrected chi connectivity index (χ2v) is 7.04. The molecule has 0 aliphatic heterocycles. The number of anilines is 1. The van der Waals surface area contributed by atoms with Crippen LogP contribution in [-0.2, 0) is 17.1 Å². The third-order valence-corrected chi connectivity index (χ3v) is 4.08. The number of sulfonamides is 1. The number of nitriles is 1. The van der Waals surface area contributed by atoms with Crippen LogP contribution in [0.1, 0.15) is 17.0 Å². The first-order chi connectivity index (χ1) is 10.2. The molecule has 1 N–H and O–H groups in total. The average Bonchev–Trinajstić information content (AvgIpc) is 2.87. The Morgan fingerprint density at radius 2 is 2.00 bits per heavy atom. The van der Waals surface area contributed by atoms with Gasteiger partial charge < -0.3 is 0 Å². The van der Waals surface area contributed by atoms with E-state index in [-0.39, 0.29) is 5.95 Å². The zero-order valence-electron chi connectivity index (χ0n) is 12.3. The van der Waals surface area contributed by atoms with Crippen molar-refractivity contribution in [2.24, 2.45) is 17.3 Å². The molecule has 0 unspecified atom stereocenters. The molecule has 0 radical (unpaired) electrons. The van der Waals surface area contributed by atoms with Crippen LogP contribution in [0.3, 0.4) is 0 Å². The van der Waals surface area contributed by atoms with Crippen LogP contribution in [-0.4, -0.2) is 28.6 Å². The summed E-state index contributed by atoms with van der Waals surface area (Å²) in [4.78, 5) is 4.10. The van der Waals surface area contributed by atoms with Crippen LogP contribution >= 0.6 is 11.5 Å². The van der Waals surface area contributed by atoms with Gasteiger partial charge >= 0.3 is 0 Å². The van der Waals surface area contributed by atoms with Crippen LogP contribution in [0.4, 0.5) is 16.8 Å². The molecule has 2 aromatic rings. The van der Waals surface area contributed by atoms with Gasteiger partial charge in [-0.3, -0.25) is 9.29 Å². The van der Waals surface area contributed by atoms with E-state index in [0.717, 1.165) is 17.8 Å². The maximum Gasteiger partial charge on any atom is 0.232 e. The first-order valence-electron chi connectivity index (χ1n) is 6.02. The summed E-state index contributed by atoms with van der Waals surface area (Å²) >= 11 is 1.07. The number of aryl methyl sites for hydroxylation is 2. The Bertz CT molecular complexity index is 886. The molecule has 0 amide bonds. The quantitative estimate of drug-likeness (QED) is 0.854. The predicted molar refractivity (Wildman–Crippen MR) is 82.2 cm³/mol. The van der Waals surface area contributed by atoms with Crippen molar-refractivity contribution < 1.29 is 8.42 Å². The van der Waals surface area contributed by atoms with Crippen molar-refractivity contribution in [3.05, 3.63) is 17.0 Å². The minimum atomic E-state index is -3.43. The summed E-state index contributed by atoms with van der Waals surface area (Å²) in [6.07, 6.45) is 1.04. The second-order valence-electron chi connectivity index (χ2n) is 4.54. The van der Waals surface area contributed by atoms with E-state index in [1.54, 1.807) is 20.9 Å². The highest BCUT2D eigenvalue weighted by Gasteiger charge is 2.15. The molecule has 2 rings (SSSR count). The number of hydrogen-bond donors (Lipinski definition) is 1. The first-order valence-corrected chi connectivity index (χ1v) is 8.68. The van der Waals surface area contributed by atoms with E-state index in [0.29, 0.717) is 27.8 Å². The van der Waals surface area contributed by atoms with Gasteiger partial charge in [-0.1, -0.05) is 0 Å². The van der Waals surface area contributed by atoms with Crippen molar-refractivity contribution in [2.45, 2.75) is 13.8 Å². The molecular formula is C11H13N7O2S2. The molecule has 2 heterocycles. The zero-order valence-corrected chi connectivity index (χ0v) is 13.9. The molecule has 22 heavy (non-hydrogen) atoms. The molecule has 0 bridgehead atoms. The van der Waals surface area contributed by atoms with Gasteiger partial charge in [0.1, 0.15) is 11.6 Å². The summed E-state index contributed by atoms with van der Waals surface area (Å²) in [5, 5.41) is 17.5. The molecule has 9 nitrogen and oxygen atoms in total. The highest BCUT2D eigenvalue weighted by Crippen LogP contribution is 2.30. The molecule has 0 aliphatic carbocycles. The van der Waals surface area contributed by atoms with Gasteiger partial charge in [0.2, 0.25) is 16.0 Å². The van der Waals surface area contributed by atoms with Crippen LogP contribution in [0.2, 0.25) is 0 Å². The number of hydrogen-bond acceptors (Lipinski definition) is 8. The zero-order chi connectivity index (χ0) is 16.5. The minimum absolute atomic E-state index is 0.148. The molecule has 0 saturated carbocycles. The summed E-state index contributed by atoms with van der Waals surface area (Å²) in [6, 6.07) is 2.03. The fourth-order valence-corrected chi connectivity index (χ4v) is 2.86. The van der Waals surface area contributed by atoms with Crippen molar-refractivity contribution in [2.75, 3.05) is 11.0 Å². The van der Waals surface area contributed by atoms with Crippen LogP contribution in [0.25, 0.3) is 0 Å². The lowest BCUT2D eigenvalue weighted by Crippen LogP contribution is -2.13. The van der Waals surface area contributed by atoms with Crippen molar-refractivity contribution in [3.8, 4) is 6.07 Å². The number of nitrogens with zero attached hydrogens (tertiary/aromatic N) is 6. The van der Waals surface area contributed by atoms with Crippen LogP contribution < -0.4 is 4.72 Å². The number of aromatic nitrogens is 3. The number of azo groups is 1. The third-order valence-electron chi connectivity index (χ3n) is 2.70. The van der Waals surface area contributed by atoms with Gasteiger partial charge in [-0.15, -0.1) is 10.2 Å². The first kappa shape index (κ1) is 16.1. The summed E-state index contributed by atoms with van der Waals surface area (Å²) < 4.78 is 30.4. The van der Waals surface area contributed by atoms with Gasteiger partial charge in [-0.25, -0.2) is 13.4 Å². The van der Waals surface area contributed by atoms with Crippen molar-refractivity contribution in [3.63, 3.8) is 0 Å². The number of nitrogens with one attached hydrogen (secondary N) is 1. The molecule has 11 heteroatoms. The van der Waals surface area contributed by atoms with Gasteiger partial charge in [-0.2, -0.15) is 9.64 Å². The van der Waals surface area contributed by atoms with Gasteiger partial charge in [-0.05, 0) is 25.4 Å². The Kier molecular flexibility index (Phi) is 4.25. The number of imidazole rings is 1.